The molecule has 0 atom stereocenters. The molecule has 0 saturated heterocycles. The lowest BCUT2D eigenvalue weighted by Gasteiger charge is -2.21. The molecule has 0 amide bonds. The van der Waals surface area contributed by atoms with E-state index >= 15 is 0 Å². The summed E-state index contributed by atoms with van der Waals surface area (Å²) < 4.78 is 45.8. The number of carbonyl (C=O) groups is 2. The third-order valence-corrected chi connectivity index (χ3v) is 2.62. The molecule has 0 saturated carbocycles. The van der Waals surface area contributed by atoms with E-state index in [1.807, 2.05) is 0 Å². The third-order valence-electron chi connectivity index (χ3n) is 2.62. The van der Waals surface area contributed by atoms with E-state index in [9.17, 15) is 19.8 Å². The highest BCUT2D eigenvalue weighted by Gasteiger charge is 2.34. The lowest BCUT2D eigenvalue weighted by molar-refractivity contribution is -0.111. The Morgan fingerprint density at radius 3 is 2.72 bits per heavy atom. The van der Waals surface area contributed by atoms with Crippen molar-refractivity contribution in [2.24, 2.45) is 0 Å². The number of hydrogen-bond acceptors (Lipinski definition) is 4. The quantitative estimate of drug-likeness (QED) is 0.733. The van der Waals surface area contributed by atoms with Crippen molar-refractivity contribution in [2.75, 3.05) is 0 Å². The number of phenolic OH excluding ortho intramolecular Hbond substituents is 1. The first-order valence-electron chi connectivity index (χ1n) is 7.86. The number of aliphatic hydroxyl groups is 1. The minimum absolute atomic E-state index is 0.622. The number of allylic oxidation sites excluding steroid dienone is 5. The van der Waals surface area contributed by atoms with Crippen LogP contribution in [0.2, 0.25) is 0 Å². The van der Waals surface area contributed by atoms with Crippen LogP contribution in [0.25, 0.3) is 5.76 Å². The van der Waals surface area contributed by atoms with E-state index in [0.29, 0.717) is 0 Å². The largest absolute Gasteiger partial charge is 0.507 e. The highest BCUT2D eigenvalue weighted by molar-refractivity contribution is 6.28. The number of fused-ring (bicyclic) bond motifs is 2. The molecule has 0 radical (unpaired) electrons. The molecule has 88 valence electrons. The van der Waals surface area contributed by atoms with E-state index in [2.05, 4.69) is 0 Å². The smallest absolute Gasteiger partial charge is 0.194 e. The van der Waals surface area contributed by atoms with Crippen molar-refractivity contribution >= 4 is 17.3 Å². The second kappa shape index (κ2) is 3.43. The molecule has 0 bridgehead atoms. The molecule has 4 nitrogen and oxygen atoms in total. The van der Waals surface area contributed by atoms with Crippen molar-refractivity contribution in [1.29, 1.82) is 0 Å². The number of ketones is 2. The van der Waals surface area contributed by atoms with Gasteiger partial charge >= 0.3 is 0 Å². The van der Waals surface area contributed by atoms with Gasteiger partial charge in [0.25, 0.3) is 0 Å². The maximum Gasteiger partial charge on any atom is 0.194 e. The van der Waals surface area contributed by atoms with Gasteiger partial charge < -0.3 is 10.2 Å². The number of phenols is 1. The summed E-state index contributed by atoms with van der Waals surface area (Å²) >= 11 is 0. The Balaban J connectivity index is 2.54. The molecule has 1 aromatic rings. The monoisotopic (exact) mass is 246 g/mol. The van der Waals surface area contributed by atoms with Gasteiger partial charge in [0, 0.05) is 11.1 Å². The number of Topliss-reactive ketones (excluding diaryl/α,β-unsaturated/α-hetero) is 1. The maximum atomic E-state index is 12.6. The zero-order valence-corrected chi connectivity index (χ0v) is 8.71. The van der Waals surface area contributed by atoms with Gasteiger partial charge in [-0.25, -0.2) is 0 Å². The van der Waals surface area contributed by atoms with Crippen LogP contribution < -0.4 is 0 Å². The fraction of sp³-hybridized carbons (Fsp3) is 0. The van der Waals surface area contributed by atoms with E-state index in [1.54, 1.807) is 0 Å². The fourth-order valence-corrected chi connectivity index (χ4v) is 1.83. The van der Waals surface area contributed by atoms with Crippen molar-refractivity contribution in [3.63, 3.8) is 0 Å². The van der Waals surface area contributed by atoms with Crippen LogP contribution in [-0.4, -0.2) is 21.8 Å². The average molecular weight is 246 g/mol. The summed E-state index contributed by atoms with van der Waals surface area (Å²) in [6.45, 7) is 0. The number of rotatable bonds is 0. The minimum atomic E-state index is -1.17. The van der Waals surface area contributed by atoms with Gasteiger partial charge in [-0.1, -0.05) is 24.2 Å². The van der Waals surface area contributed by atoms with Crippen molar-refractivity contribution in [3.8, 4) is 5.75 Å². The van der Waals surface area contributed by atoms with Gasteiger partial charge in [0.1, 0.15) is 11.5 Å². The third kappa shape index (κ3) is 1.20. The molecule has 3 rings (SSSR count). The zero-order chi connectivity index (χ0) is 18.1. The highest BCUT2D eigenvalue weighted by atomic mass is 16.3. The molecule has 0 spiro atoms. The highest BCUT2D eigenvalue weighted by Crippen LogP contribution is 2.39. The molecule has 2 aliphatic carbocycles. The van der Waals surface area contributed by atoms with Crippen molar-refractivity contribution < 1.29 is 28.0 Å². The van der Waals surface area contributed by atoms with E-state index < -0.39 is 81.6 Å². The summed E-state index contributed by atoms with van der Waals surface area (Å²) in [5.74, 6) is -4.17. The molecule has 0 aliphatic heterocycles. The lowest BCUT2D eigenvalue weighted by Crippen LogP contribution is -2.21. The molecule has 4 heteroatoms. The van der Waals surface area contributed by atoms with Crippen molar-refractivity contribution in [2.45, 2.75) is 0 Å². The number of benzene rings is 1. The van der Waals surface area contributed by atoms with Gasteiger partial charge in [-0.3, -0.25) is 9.59 Å². The predicted octanol–water partition coefficient (Wildman–Crippen LogP) is 1.92. The molecule has 2 aliphatic rings. The molecule has 18 heavy (non-hydrogen) atoms. The van der Waals surface area contributed by atoms with Crippen LogP contribution in [0.3, 0.4) is 0 Å². The minimum Gasteiger partial charge on any atom is -0.507 e. The SMILES string of the molecule is [2H]C1=C([2H])C([2H])=C2C(=O)c3c([2H])c([2H])c([2H])c(O)c3C(O)=C2C1=O. The second-order valence-electron chi connectivity index (χ2n) is 3.61. The summed E-state index contributed by atoms with van der Waals surface area (Å²) in [6, 6.07) is -4.77. The van der Waals surface area contributed by atoms with Crippen LogP contribution in [0.4, 0.5) is 0 Å². The Labute approximate surface area is 111 Å². The number of aromatic hydroxyl groups is 1. The molecule has 2 N–H and O–H groups in total. The predicted molar refractivity (Wildman–Crippen MR) is 64.2 cm³/mol. The Hall–Kier alpha value is -2.62. The van der Waals surface area contributed by atoms with Crippen LogP contribution in [0.15, 0.2) is 47.4 Å². The van der Waals surface area contributed by atoms with Crippen LogP contribution in [-0.2, 0) is 4.79 Å². The molecule has 0 aromatic heterocycles. The molecule has 1 aromatic carbocycles. The van der Waals surface area contributed by atoms with Crippen LogP contribution >= 0.6 is 0 Å². The van der Waals surface area contributed by atoms with Crippen molar-refractivity contribution in [1.82, 2.24) is 0 Å². The summed E-state index contributed by atoms with van der Waals surface area (Å²) in [6.07, 6.45) is 0. The van der Waals surface area contributed by atoms with E-state index in [-0.39, 0.29) is 0 Å². The average Bonchev–Trinajstić information content (AvgIpc) is 2.55. The zero-order valence-electron chi connectivity index (χ0n) is 14.7. The first kappa shape index (κ1) is 5.82. The lowest BCUT2D eigenvalue weighted by atomic mass is 9.81. The molecule has 0 unspecified atom stereocenters. The van der Waals surface area contributed by atoms with Crippen LogP contribution in [0, 0.1) is 0 Å². The molecule has 0 heterocycles. The van der Waals surface area contributed by atoms with Crippen molar-refractivity contribution in [3.05, 3.63) is 58.6 Å². The van der Waals surface area contributed by atoms with E-state index in [0.717, 1.165) is 0 Å². The molecular formula is C14H8O4. The van der Waals surface area contributed by atoms with Crippen LogP contribution in [0.5, 0.6) is 5.75 Å². The normalized spacial score (nSPS) is 23.8. The molecule has 0 fully saturated rings. The van der Waals surface area contributed by atoms with Gasteiger partial charge in [0.2, 0.25) is 0 Å². The van der Waals surface area contributed by atoms with Gasteiger partial charge in [-0.15, -0.1) is 0 Å². The topological polar surface area (TPSA) is 74.6 Å². The van der Waals surface area contributed by atoms with E-state index in [4.69, 9.17) is 8.22 Å². The Bertz CT molecular complexity index is 970. The first-order chi connectivity index (χ1) is 11.1. The number of hydrogen-bond donors (Lipinski definition) is 2. The first-order valence-corrected chi connectivity index (χ1v) is 4.86. The molecular weight excluding hydrogens is 232 g/mol. The van der Waals surface area contributed by atoms with Gasteiger partial charge in [0.15, 0.2) is 11.6 Å². The van der Waals surface area contributed by atoms with E-state index in [1.165, 1.54) is 0 Å². The standard InChI is InChI=1S/C14H8O4/c15-9-5-1-3-7-11(9)14(18)12-8(13(7)17)4-2-6-10(12)16/h1-6,15,18H/i1D,2D,3D,4D,5D,6D. The Morgan fingerprint density at radius 1 is 1.17 bits per heavy atom. The van der Waals surface area contributed by atoms with Gasteiger partial charge in [0.05, 0.1) is 19.4 Å². The summed E-state index contributed by atoms with van der Waals surface area (Å²) in [4.78, 5) is 24.8. The number of carbonyl (C=O) groups excluding carboxylic acids is 2. The fourth-order valence-electron chi connectivity index (χ4n) is 1.83. The second-order valence-corrected chi connectivity index (χ2v) is 3.61. The summed E-state index contributed by atoms with van der Waals surface area (Å²) in [5.41, 5.74) is -2.64. The van der Waals surface area contributed by atoms with Gasteiger partial charge in [-0.2, -0.15) is 0 Å². The summed E-state index contributed by atoms with van der Waals surface area (Å²) in [5, 5.41) is 20.3. The summed E-state index contributed by atoms with van der Waals surface area (Å²) in [7, 11) is 0. The van der Waals surface area contributed by atoms with Gasteiger partial charge in [-0.05, 0) is 12.1 Å². The number of aliphatic hydroxyl groups excluding tert-OH is 1. The van der Waals surface area contributed by atoms with Crippen LogP contribution in [0.1, 0.15) is 24.1 Å². The maximum absolute atomic E-state index is 12.6. The Morgan fingerprint density at radius 2 is 1.94 bits per heavy atom. The Kier molecular flexibility index (Phi) is 1.11.